The van der Waals surface area contributed by atoms with Crippen LogP contribution in [0.1, 0.15) is 12.8 Å². The molecule has 1 heterocycles. The highest BCUT2D eigenvalue weighted by atomic mass is 32.2. The van der Waals surface area contributed by atoms with Gasteiger partial charge in [0, 0.05) is 12.0 Å². The average Bonchev–Trinajstić information content (AvgIpc) is 3.26. The summed E-state index contributed by atoms with van der Waals surface area (Å²) < 4.78 is 45.7. The number of rotatable bonds is 10. The van der Waals surface area contributed by atoms with Crippen molar-refractivity contribution in [2.24, 2.45) is 0 Å². The van der Waals surface area contributed by atoms with Crippen molar-refractivity contribution in [1.82, 2.24) is 10.2 Å². The van der Waals surface area contributed by atoms with E-state index < -0.39 is 15.7 Å². The first-order chi connectivity index (χ1) is 15.4. The van der Waals surface area contributed by atoms with Gasteiger partial charge in [0.05, 0.1) is 32.0 Å². The monoisotopic (exact) mass is 461 g/mol. The first-order valence-electron chi connectivity index (χ1n) is 9.59. The summed E-state index contributed by atoms with van der Waals surface area (Å²) in [7, 11) is 1.03. The van der Waals surface area contributed by atoms with Gasteiger partial charge in [-0.2, -0.15) is 0 Å². The molecule has 1 N–H and O–H groups in total. The Balaban J connectivity index is 1.55. The van der Waals surface area contributed by atoms with Crippen LogP contribution in [0.2, 0.25) is 0 Å². The van der Waals surface area contributed by atoms with E-state index in [1.165, 1.54) is 33.5 Å². The molecule has 0 bridgehead atoms. The molecule has 1 aromatic heterocycles. The van der Waals surface area contributed by atoms with Crippen molar-refractivity contribution in [2.75, 3.05) is 32.4 Å². The van der Waals surface area contributed by atoms with Crippen LogP contribution in [-0.2, 0) is 14.6 Å². The summed E-state index contributed by atoms with van der Waals surface area (Å²) in [5.41, 5.74) is 0.584. The third-order valence-electron chi connectivity index (χ3n) is 4.54. The Morgan fingerprint density at radius 2 is 1.69 bits per heavy atom. The molecule has 0 aliphatic heterocycles. The Morgan fingerprint density at radius 3 is 2.34 bits per heavy atom. The van der Waals surface area contributed by atoms with Gasteiger partial charge in [0.25, 0.3) is 0 Å². The van der Waals surface area contributed by atoms with Crippen molar-refractivity contribution >= 4 is 21.8 Å². The van der Waals surface area contributed by atoms with Gasteiger partial charge in [0.15, 0.2) is 21.3 Å². The van der Waals surface area contributed by atoms with E-state index in [1.54, 1.807) is 30.3 Å². The number of amides is 1. The van der Waals surface area contributed by atoms with Crippen LogP contribution < -0.4 is 19.5 Å². The minimum atomic E-state index is -3.51. The zero-order valence-electron chi connectivity index (χ0n) is 17.8. The fourth-order valence-corrected chi connectivity index (χ4v) is 4.18. The van der Waals surface area contributed by atoms with E-state index in [0.29, 0.717) is 22.8 Å². The number of sulfone groups is 1. The maximum Gasteiger partial charge on any atom is 0.322 e. The fourth-order valence-electron chi connectivity index (χ4n) is 2.87. The van der Waals surface area contributed by atoms with Gasteiger partial charge in [-0.15, -0.1) is 5.10 Å². The quantitative estimate of drug-likeness (QED) is 0.484. The topological polar surface area (TPSA) is 130 Å². The molecule has 0 saturated carbocycles. The lowest BCUT2D eigenvalue weighted by molar-refractivity contribution is -0.116. The molecule has 170 valence electrons. The van der Waals surface area contributed by atoms with Crippen molar-refractivity contribution in [3.05, 3.63) is 42.5 Å². The van der Waals surface area contributed by atoms with Gasteiger partial charge >= 0.3 is 6.01 Å². The number of carbonyl (C=O) groups excluding carboxylic acids is 1. The minimum absolute atomic E-state index is 0.0243. The molecule has 10 nitrogen and oxygen atoms in total. The smallest absolute Gasteiger partial charge is 0.322 e. The molecule has 0 aliphatic rings. The average molecular weight is 461 g/mol. The first kappa shape index (κ1) is 23.1. The van der Waals surface area contributed by atoms with Crippen molar-refractivity contribution in [3.63, 3.8) is 0 Å². The van der Waals surface area contributed by atoms with Gasteiger partial charge in [-0.1, -0.05) is 5.10 Å². The molecule has 1 amide bonds. The van der Waals surface area contributed by atoms with Crippen molar-refractivity contribution in [3.8, 4) is 28.7 Å². The number of ether oxygens (including phenoxy) is 3. The van der Waals surface area contributed by atoms with E-state index in [2.05, 4.69) is 15.5 Å². The molecular formula is C21H23N3O7S. The molecule has 0 fully saturated rings. The summed E-state index contributed by atoms with van der Waals surface area (Å²) in [6.07, 6.45) is 0.111. The summed E-state index contributed by atoms with van der Waals surface area (Å²) in [4.78, 5) is 12.3. The van der Waals surface area contributed by atoms with Crippen molar-refractivity contribution in [1.29, 1.82) is 0 Å². The SMILES string of the molecule is COc1ccc(S(=O)(=O)CCCC(=O)Nc2nnc(-c3ccc(OC)c(OC)c3)o2)cc1. The molecule has 2 aromatic carbocycles. The maximum atomic E-state index is 12.4. The van der Waals surface area contributed by atoms with E-state index in [4.69, 9.17) is 18.6 Å². The highest BCUT2D eigenvalue weighted by Crippen LogP contribution is 2.32. The zero-order valence-corrected chi connectivity index (χ0v) is 18.6. The van der Waals surface area contributed by atoms with E-state index in [1.807, 2.05) is 0 Å². The Labute approximate surface area is 185 Å². The largest absolute Gasteiger partial charge is 0.497 e. The lowest BCUT2D eigenvalue weighted by atomic mass is 10.2. The molecular weight excluding hydrogens is 438 g/mol. The van der Waals surface area contributed by atoms with Gasteiger partial charge < -0.3 is 18.6 Å². The molecule has 0 spiro atoms. The fraction of sp³-hybridized carbons (Fsp3) is 0.286. The Morgan fingerprint density at radius 1 is 0.969 bits per heavy atom. The van der Waals surface area contributed by atoms with E-state index in [9.17, 15) is 13.2 Å². The summed E-state index contributed by atoms with van der Waals surface area (Å²) >= 11 is 0. The summed E-state index contributed by atoms with van der Waals surface area (Å²) in [5, 5.41) is 10.2. The molecule has 32 heavy (non-hydrogen) atoms. The lowest BCUT2D eigenvalue weighted by Crippen LogP contribution is -2.14. The Bertz CT molecular complexity index is 1170. The summed E-state index contributed by atoms with van der Waals surface area (Å²) in [6.45, 7) is 0. The van der Waals surface area contributed by atoms with E-state index >= 15 is 0 Å². The predicted octanol–water partition coefficient (Wildman–Crippen LogP) is 2.96. The predicted molar refractivity (Wildman–Crippen MR) is 116 cm³/mol. The molecule has 0 atom stereocenters. The van der Waals surface area contributed by atoms with Gasteiger partial charge in [0.1, 0.15) is 5.75 Å². The molecule has 3 aromatic rings. The van der Waals surface area contributed by atoms with Crippen LogP contribution in [0.4, 0.5) is 6.01 Å². The number of hydrogen-bond donors (Lipinski definition) is 1. The van der Waals surface area contributed by atoms with Gasteiger partial charge in [-0.3, -0.25) is 10.1 Å². The molecule has 11 heteroatoms. The molecule has 3 rings (SSSR count). The number of carbonyl (C=O) groups is 1. The third kappa shape index (κ3) is 5.55. The summed E-state index contributed by atoms with van der Waals surface area (Å²) in [5.74, 6) is 1.19. The number of benzene rings is 2. The van der Waals surface area contributed by atoms with Crippen LogP contribution in [0.25, 0.3) is 11.5 Å². The first-order valence-corrected chi connectivity index (χ1v) is 11.2. The number of nitrogens with one attached hydrogen (secondary N) is 1. The Hall–Kier alpha value is -3.60. The molecule has 0 radical (unpaired) electrons. The zero-order chi connectivity index (χ0) is 23.1. The van der Waals surface area contributed by atoms with Gasteiger partial charge in [-0.05, 0) is 48.9 Å². The number of hydrogen-bond acceptors (Lipinski definition) is 9. The van der Waals surface area contributed by atoms with Gasteiger partial charge in [0.2, 0.25) is 11.8 Å². The second kappa shape index (κ2) is 10.1. The standard InChI is InChI=1S/C21H23N3O7S/c1-28-15-7-9-16(10-8-15)32(26,27)12-4-5-19(25)22-21-24-23-20(31-21)14-6-11-17(29-2)18(13-14)30-3/h6-11,13H,4-5,12H2,1-3H3,(H,22,24,25). The van der Waals surface area contributed by atoms with Crippen molar-refractivity contribution < 1.29 is 31.8 Å². The van der Waals surface area contributed by atoms with Crippen molar-refractivity contribution in [2.45, 2.75) is 17.7 Å². The normalized spacial score (nSPS) is 11.1. The summed E-state index contributed by atoms with van der Waals surface area (Å²) in [6, 6.07) is 11.1. The molecule has 0 unspecified atom stereocenters. The van der Waals surface area contributed by atoms with E-state index in [-0.39, 0.29) is 35.4 Å². The number of aromatic nitrogens is 2. The number of anilines is 1. The Kier molecular flexibility index (Phi) is 7.31. The molecule has 0 aliphatic carbocycles. The van der Waals surface area contributed by atoms with Crippen LogP contribution in [0.5, 0.6) is 17.2 Å². The van der Waals surface area contributed by atoms with Crippen LogP contribution in [-0.4, -0.2) is 51.6 Å². The van der Waals surface area contributed by atoms with Crippen LogP contribution in [0.3, 0.4) is 0 Å². The maximum absolute atomic E-state index is 12.4. The second-order valence-electron chi connectivity index (χ2n) is 6.63. The highest BCUT2D eigenvalue weighted by molar-refractivity contribution is 7.91. The highest BCUT2D eigenvalue weighted by Gasteiger charge is 2.17. The van der Waals surface area contributed by atoms with Crippen LogP contribution in [0.15, 0.2) is 51.8 Å². The molecule has 0 saturated heterocycles. The number of methoxy groups -OCH3 is 3. The third-order valence-corrected chi connectivity index (χ3v) is 6.35. The van der Waals surface area contributed by atoms with Crippen LogP contribution in [0, 0.1) is 0 Å². The lowest BCUT2D eigenvalue weighted by Gasteiger charge is -2.07. The van der Waals surface area contributed by atoms with Gasteiger partial charge in [-0.25, -0.2) is 8.42 Å². The van der Waals surface area contributed by atoms with E-state index in [0.717, 1.165) is 0 Å². The second-order valence-corrected chi connectivity index (χ2v) is 8.74. The minimum Gasteiger partial charge on any atom is -0.497 e. The number of nitrogens with zero attached hydrogens (tertiary/aromatic N) is 2. The van der Waals surface area contributed by atoms with Crippen LogP contribution >= 0.6 is 0 Å².